The van der Waals surface area contributed by atoms with Crippen molar-refractivity contribution in [3.05, 3.63) is 95.1 Å². The van der Waals surface area contributed by atoms with Gasteiger partial charge in [0.15, 0.2) is 6.29 Å². The molecular formula is C37H47N3O7. The number of amides is 2. The molecule has 10 nitrogen and oxygen atoms in total. The van der Waals surface area contributed by atoms with Gasteiger partial charge in [0.2, 0.25) is 0 Å². The smallest absolute Gasteiger partial charge is 0.325 e. The summed E-state index contributed by atoms with van der Waals surface area (Å²) in [6.07, 6.45) is 1.44. The molecule has 5 rings (SSSR count). The maximum Gasteiger partial charge on any atom is 0.325 e. The second-order valence-corrected chi connectivity index (χ2v) is 12.2. The molecule has 2 aliphatic heterocycles. The molecule has 5 unspecified atom stereocenters. The molecule has 3 aromatic carbocycles. The number of rotatable bonds is 13. The number of urea groups is 1. The highest BCUT2D eigenvalue weighted by Crippen LogP contribution is 2.43. The van der Waals surface area contributed by atoms with E-state index < -0.39 is 18.3 Å². The normalized spacial score (nSPS) is 22.9. The van der Waals surface area contributed by atoms with Gasteiger partial charge in [-0.1, -0.05) is 67.6 Å². The summed E-state index contributed by atoms with van der Waals surface area (Å²) in [5.74, 6) is -0.384. The number of nitrogens with one attached hydrogen (secondary N) is 2. The minimum atomic E-state index is -0.574. The SMILES string of the molecule is CCOC(=O)CNC(=O)NCc1cccc(-c2cccc(C3OC(CN4CCCC4COC)C(C)C(c4ccc(CO)cc4)O3)c2)c1. The van der Waals surface area contributed by atoms with Crippen LogP contribution < -0.4 is 10.6 Å². The molecule has 0 aromatic heterocycles. The zero-order chi connectivity index (χ0) is 33.2. The molecule has 2 heterocycles. The lowest BCUT2D eigenvalue weighted by Gasteiger charge is -2.43. The number of esters is 1. The fourth-order valence-electron chi connectivity index (χ4n) is 6.41. The molecule has 0 radical (unpaired) electrons. The van der Waals surface area contributed by atoms with Crippen LogP contribution in [0.25, 0.3) is 11.1 Å². The van der Waals surface area contributed by atoms with Crippen LogP contribution in [0.5, 0.6) is 0 Å². The van der Waals surface area contributed by atoms with Crippen LogP contribution in [0.1, 0.15) is 61.3 Å². The van der Waals surface area contributed by atoms with Crippen molar-refractivity contribution in [2.75, 3.05) is 40.0 Å². The Morgan fingerprint density at radius 2 is 1.72 bits per heavy atom. The van der Waals surface area contributed by atoms with Gasteiger partial charge in [0.1, 0.15) is 6.54 Å². The fraction of sp³-hybridized carbons (Fsp3) is 0.459. The first kappa shape index (κ1) is 34.5. The van der Waals surface area contributed by atoms with Gasteiger partial charge in [-0.3, -0.25) is 9.69 Å². The molecule has 47 heavy (non-hydrogen) atoms. The molecule has 5 atom stereocenters. The fourth-order valence-corrected chi connectivity index (χ4v) is 6.41. The Balaban J connectivity index is 1.33. The predicted octanol–water partition coefficient (Wildman–Crippen LogP) is 5.11. The van der Waals surface area contributed by atoms with Gasteiger partial charge in [-0.15, -0.1) is 0 Å². The summed E-state index contributed by atoms with van der Waals surface area (Å²) >= 11 is 0. The monoisotopic (exact) mass is 645 g/mol. The van der Waals surface area contributed by atoms with Crippen molar-refractivity contribution >= 4 is 12.0 Å². The van der Waals surface area contributed by atoms with Crippen LogP contribution in [0.15, 0.2) is 72.8 Å². The predicted molar refractivity (Wildman–Crippen MR) is 178 cm³/mol. The van der Waals surface area contributed by atoms with E-state index in [0.29, 0.717) is 19.2 Å². The van der Waals surface area contributed by atoms with E-state index in [1.54, 1.807) is 14.0 Å². The Morgan fingerprint density at radius 3 is 2.47 bits per heavy atom. The Kier molecular flexibility index (Phi) is 12.4. The van der Waals surface area contributed by atoms with Gasteiger partial charge in [0, 0.05) is 37.7 Å². The Bertz CT molecular complexity index is 1470. The van der Waals surface area contributed by atoms with Gasteiger partial charge in [0.25, 0.3) is 0 Å². The summed E-state index contributed by atoms with van der Waals surface area (Å²) in [6, 6.07) is 24.1. The Labute approximate surface area is 277 Å². The first-order valence-electron chi connectivity index (χ1n) is 16.5. The van der Waals surface area contributed by atoms with Crippen LogP contribution in [-0.4, -0.2) is 74.1 Å². The van der Waals surface area contributed by atoms with Crippen molar-refractivity contribution in [3.8, 4) is 11.1 Å². The molecular weight excluding hydrogens is 598 g/mol. The zero-order valence-corrected chi connectivity index (χ0v) is 27.5. The van der Waals surface area contributed by atoms with Crippen molar-refractivity contribution in [1.82, 2.24) is 15.5 Å². The van der Waals surface area contributed by atoms with Crippen molar-refractivity contribution in [2.45, 2.75) is 64.4 Å². The quantitative estimate of drug-likeness (QED) is 0.220. The molecule has 2 amide bonds. The van der Waals surface area contributed by atoms with Crippen LogP contribution in [0, 0.1) is 5.92 Å². The minimum absolute atomic E-state index is 0.00168. The summed E-state index contributed by atoms with van der Waals surface area (Å²) in [5, 5.41) is 14.9. The van der Waals surface area contributed by atoms with Crippen molar-refractivity contribution in [3.63, 3.8) is 0 Å². The summed E-state index contributed by atoms with van der Waals surface area (Å²) in [4.78, 5) is 26.2. The number of carbonyl (C=O) groups is 2. The first-order chi connectivity index (χ1) is 22.9. The number of hydrogen-bond donors (Lipinski definition) is 3. The molecule has 2 aliphatic rings. The molecule has 0 aliphatic carbocycles. The van der Waals surface area contributed by atoms with E-state index in [1.807, 2.05) is 60.7 Å². The Morgan fingerprint density at radius 1 is 0.957 bits per heavy atom. The maximum absolute atomic E-state index is 12.2. The average Bonchev–Trinajstić information content (AvgIpc) is 3.54. The third kappa shape index (κ3) is 9.18. The highest BCUT2D eigenvalue weighted by atomic mass is 16.7. The van der Waals surface area contributed by atoms with Crippen molar-refractivity contribution in [1.29, 1.82) is 0 Å². The number of likely N-dealkylation sites (tertiary alicyclic amines) is 1. The molecule has 0 spiro atoms. The van der Waals surface area contributed by atoms with E-state index in [-0.39, 0.29) is 37.9 Å². The molecule has 2 saturated heterocycles. The molecule has 3 N–H and O–H groups in total. The van der Waals surface area contributed by atoms with E-state index in [0.717, 1.165) is 59.3 Å². The summed E-state index contributed by atoms with van der Waals surface area (Å²) in [7, 11) is 1.76. The second kappa shape index (κ2) is 16.9. The highest BCUT2D eigenvalue weighted by Gasteiger charge is 2.40. The standard InChI is InChI=1S/C37H47N3O7/c1-4-45-34(42)21-39-37(43)38-20-27-8-5-9-29(18-27)30-10-6-11-31(19-30)36-46-33(22-40-17-7-12-32(40)24-44-3)25(2)35(47-36)28-15-13-26(23-41)14-16-28/h5-6,8-11,13-16,18-19,25,32-33,35-36,41H,4,7,12,17,20-24H2,1-3H3,(H2,38,39,43). The lowest BCUT2D eigenvalue weighted by atomic mass is 9.89. The van der Waals surface area contributed by atoms with E-state index in [4.69, 9.17) is 18.9 Å². The lowest BCUT2D eigenvalue weighted by Crippen LogP contribution is -2.46. The van der Waals surface area contributed by atoms with Crippen LogP contribution in [0.2, 0.25) is 0 Å². The topological polar surface area (TPSA) is 119 Å². The maximum atomic E-state index is 12.2. The minimum Gasteiger partial charge on any atom is -0.465 e. The van der Waals surface area contributed by atoms with Crippen molar-refractivity contribution in [2.24, 2.45) is 5.92 Å². The Hall–Kier alpha value is -3.80. The number of methoxy groups -OCH3 is 1. The third-order valence-corrected chi connectivity index (χ3v) is 8.97. The number of hydrogen-bond acceptors (Lipinski definition) is 8. The van der Waals surface area contributed by atoms with Gasteiger partial charge >= 0.3 is 12.0 Å². The van der Waals surface area contributed by atoms with Gasteiger partial charge in [-0.05, 0) is 66.3 Å². The van der Waals surface area contributed by atoms with Crippen LogP contribution in [0.4, 0.5) is 4.79 Å². The van der Waals surface area contributed by atoms with Gasteiger partial charge in [-0.25, -0.2) is 4.79 Å². The molecule has 2 fully saturated rings. The number of carbonyl (C=O) groups excluding carboxylic acids is 2. The third-order valence-electron chi connectivity index (χ3n) is 8.97. The number of aliphatic hydroxyl groups is 1. The number of benzene rings is 3. The van der Waals surface area contributed by atoms with Gasteiger partial charge < -0.3 is 34.7 Å². The largest absolute Gasteiger partial charge is 0.465 e. The summed E-state index contributed by atoms with van der Waals surface area (Å²) < 4.78 is 23.9. The van der Waals surface area contributed by atoms with E-state index in [9.17, 15) is 14.7 Å². The number of aliphatic hydroxyl groups excluding tert-OH is 1. The van der Waals surface area contributed by atoms with E-state index in [1.165, 1.54) is 0 Å². The van der Waals surface area contributed by atoms with E-state index >= 15 is 0 Å². The lowest BCUT2D eigenvalue weighted by molar-refractivity contribution is -0.276. The summed E-state index contributed by atoms with van der Waals surface area (Å²) in [6.45, 7) is 6.82. The zero-order valence-electron chi connectivity index (χ0n) is 27.5. The summed E-state index contributed by atoms with van der Waals surface area (Å²) in [5.41, 5.74) is 5.76. The number of ether oxygens (including phenoxy) is 4. The van der Waals surface area contributed by atoms with Gasteiger partial charge in [-0.2, -0.15) is 0 Å². The molecule has 252 valence electrons. The molecule has 0 bridgehead atoms. The van der Waals surface area contributed by atoms with Crippen molar-refractivity contribution < 1.29 is 33.6 Å². The second-order valence-electron chi connectivity index (χ2n) is 12.2. The first-order valence-corrected chi connectivity index (χ1v) is 16.5. The van der Waals surface area contributed by atoms with E-state index in [2.05, 4.69) is 34.6 Å². The molecule has 3 aromatic rings. The molecule has 10 heteroatoms. The average molecular weight is 646 g/mol. The highest BCUT2D eigenvalue weighted by molar-refractivity contribution is 5.80. The van der Waals surface area contributed by atoms with Crippen LogP contribution >= 0.6 is 0 Å². The molecule has 0 saturated carbocycles. The van der Waals surface area contributed by atoms with Crippen LogP contribution in [-0.2, 0) is 36.9 Å². The number of nitrogens with zero attached hydrogens (tertiary/aromatic N) is 1. The van der Waals surface area contributed by atoms with Gasteiger partial charge in [0.05, 0.1) is 32.0 Å². The van der Waals surface area contributed by atoms with Crippen LogP contribution in [0.3, 0.4) is 0 Å².